The lowest BCUT2D eigenvalue weighted by atomic mass is 10.2. The third kappa shape index (κ3) is 4.83. The largest absolute Gasteiger partial charge is 0.497 e. The monoisotopic (exact) mass is 384 g/mol. The smallest absolute Gasteiger partial charge is 0.262 e. The van der Waals surface area contributed by atoms with Gasteiger partial charge in [0.2, 0.25) is 0 Å². The van der Waals surface area contributed by atoms with Gasteiger partial charge >= 0.3 is 0 Å². The second kappa shape index (κ2) is 9.46. The highest BCUT2D eigenvalue weighted by Crippen LogP contribution is 2.20. The Labute approximate surface area is 163 Å². The molecule has 0 atom stereocenters. The van der Waals surface area contributed by atoms with Gasteiger partial charge in [0, 0.05) is 12.3 Å². The van der Waals surface area contributed by atoms with Crippen molar-refractivity contribution in [2.75, 3.05) is 19.5 Å². The molecule has 1 heterocycles. The molecule has 0 aliphatic carbocycles. The highest BCUT2D eigenvalue weighted by atomic mass is 32.2. The molecule has 0 aliphatic rings. The molecular weight excluding hydrogens is 360 g/mol. The van der Waals surface area contributed by atoms with Gasteiger partial charge < -0.3 is 9.47 Å². The van der Waals surface area contributed by atoms with Crippen molar-refractivity contribution in [1.29, 1.82) is 0 Å². The summed E-state index contributed by atoms with van der Waals surface area (Å²) in [5.74, 6) is 2.48. The topological polar surface area (TPSA) is 53.4 Å². The van der Waals surface area contributed by atoms with Crippen molar-refractivity contribution in [3.8, 4) is 11.5 Å². The average molecular weight is 385 g/mol. The van der Waals surface area contributed by atoms with Crippen molar-refractivity contribution in [2.45, 2.75) is 31.5 Å². The Bertz CT molecular complexity index is 938. The van der Waals surface area contributed by atoms with Crippen LogP contribution >= 0.6 is 11.8 Å². The zero-order valence-electron chi connectivity index (χ0n) is 15.7. The molecule has 5 nitrogen and oxygen atoms in total. The quantitative estimate of drug-likeness (QED) is 0.311. The van der Waals surface area contributed by atoms with Crippen molar-refractivity contribution in [1.82, 2.24) is 9.55 Å². The highest BCUT2D eigenvalue weighted by molar-refractivity contribution is 7.99. The lowest BCUT2D eigenvalue weighted by Crippen LogP contribution is -2.23. The van der Waals surface area contributed by atoms with E-state index in [4.69, 9.17) is 14.5 Å². The minimum atomic E-state index is 0.0411. The van der Waals surface area contributed by atoms with Crippen LogP contribution in [0.1, 0.15) is 19.8 Å². The van der Waals surface area contributed by atoms with Crippen LogP contribution in [0.5, 0.6) is 11.5 Å². The Morgan fingerprint density at radius 2 is 1.81 bits per heavy atom. The van der Waals surface area contributed by atoms with Crippen LogP contribution < -0.4 is 15.0 Å². The van der Waals surface area contributed by atoms with E-state index in [0.717, 1.165) is 40.8 Å². The minimum Gasteiger partial charge on any atom is -0.497 e. The fourth-order valence-electron chi connectivity index (χ4n) is 2.76. The molecule has 0 aliphatic heterocycles. The molecule has 3 rings (SSSR count). The summed E-state index contributed by atoms with van der Waals surface area (Å²) in [5, 5.41) is 1.46. The van der Waals surface area contributed by atoms with E-state index < -0.39 is 0 Å². The lowest BCUT2D eigenvalue weighted by Gasteiger charge is -2.12. The molecule has 0 saturated heterocycles. The fourth-order valence-corrected chi connectivity index (χ4v) is 3.70. The van der Waals surface area contributed by atoms with E-state index in [1.807, 2.05) is 48.5 Å². The van der Waals surface area contributed by atoms with Gasteiger partial charge in [0.15, 0.2) is 5.16 Å². The Morgan fingerprint density at radius 3 is 2.56 bits per heavy atom. The van der Waals surface area contributed by atoms with Gasteiger partial charge in [-0.1, -0.05) is 30.8 Å². The van der Waals surface area contributed by atoms with E-state index in [1.165, 1.54) is 0 Å². The summed E-state index contributed by atoms with van der Waals surface area (Å²) in [6.07, 6.45) is 1.76. The van der Waals surface area contributed by atoms with E-state index in [-0.39, 0.29) is 5.56 Å². The van der Waals surface area contributed by atoms with E-state index in [1.54, 1.807) is 23.4 Å². The maximum atomic E-state index is 12.7. The first-order valence-corrected chi connectivity index (χ1v) is 10.1. The van der Waals surface area contributed by atoms with E-state index in [0.29, 0.717) is 18.5 Å². The zero-order chi connectivity index (χ0) is 19.1. The number of benzene rings is 2. The summed E-state index contributed by atoms with van der Waals surface area (Å²) in [5.41, 5.74) is 0.797. The maximum absolute atomic E-state index is 12.7. The van der Waals surface area contributed by atoms with Crippen molar-refractivity contribution in [3.05, 3.63) is 58.9 Å². The SMILES string of the molecule is CCCn1c(SCCCOc2ccc(OC)cc2)nc2ccccc2c1=O. The van der Waals surface area contributed by atoms with Crippen molar-refractivity contribution >= 4 is 22.7 Å². The van der Waals surface area contributed by atoms with Crippen molar-refractivity contribution in [3.63, 3.8) is 0 Å². The summed E-state index contributed by atoms with van der Waals surface area (Å²) in [4.78, 5) is 17.4. The minimum absolute atomic E-state index is 0.0411. The molecule has 0 N–H and O–H groups in total. The van der Waals surface area contributed by atoms with Crippen LogP contribution in [0.15, 0.2) is 58.5 Å². The molecule has 0 fully saturated rings. The number of rotatable bonds is 9. The molecule has 0 amide bonds. The molecule has 0 unspecified atom stereocenters. The first-order valence-electron chi connectivity index (χ1n) is 9.12. The van der Waals surface area contributed by atoms with Gasteiger partial charge in [0.1, 0.15) is 11.5 Å². The molecular formula is C21H24N2O3S. The highest BCUT2D eigenvalue weighted by Gasteiger charge is 2.10. The van der Waals surface area contributed by atoms with Crippen LogP contribution in [0.25, 0.3) is 10.9 Å². The molecule has 1 aromatic heterocycles. The molecule has 3 aromatic rings. The van der Waals surface area contributed by atoms with Gasteiger partial charge in [-0.05, 0) is 49.2 Å². The maximum Gasteiger partial charge on any atom is 0.262 e. The molecule has 27 heavy (non-hydrogen) atoms. The normalized spacial score (nSPS) is 10.9. The number of para-hydroxylation sites is 1. The van der Waals surface area contributed by atoms with Gasteiger partial charge in [-0.15, -0.1) is 0 Å². The average Bonchev–Trinajstić information content (AvgIpc) is 2.71. The number of hydrogen-bond donors (Lipinski definition) is 0. The van der Waals surface area contributed by atoms with Crippen LogP contribution in [0.4, 0.5) is 0 Å². The van der Waals surface area contributed by atoms with Crippen molar-refractivity contribution in [2.24, 2.45) is 0 Å². The third-order valence-corrected chi connectivity index (χ3v) is 5.18. The summed E-state index contributed by atoms with van der Waals surface area (Å²) in [7, 11) is 1.64. The third-order valence-electron chi connectivity index (χ3n) is 4.12. The van der Waals surface area contributed by atoms with Crippen LogP contribution in [0.2, 0.25) is 0 Å². The number of aromatic nitrogens is 2. The fraction of sp³-hybridized carbons (Fsp3) is 0.333. The number of methoxy groups -OCH3 is 1. The Kier molecular flexibility index (Phi) is 6.76. The van der Waals surface area contributed by atoms with Crippen LogP contribution in [0.3, 0.4) is 0 Å². The summed E-state index contributed by atoms with van der Waals surface area (Å²) in [6.45, 7) is 3.37. The second-order valence-corrected chi connectivity index (χ2v) is 7.16. The molecule has 0 bridgehead atoms. The number of ether oxygens (including phenoxy) is 2. The summed E-state index contributed by atoms with van der Waals surface area (Å²) in [6, 6.07) is 15.1. The zero-order valence-corrected chi connectivity index (χ0v) is 16.5. The molecule has 0 spiro atoms. The Balaban J connectivity index is 1.60. The lowest BCUT2D eigenvalue weighted by molar-refractivity contribution is 0.318. The first-order chi connectivity index (χ1) is 13.2. The first kappa shape index (κ1) is 19.3. The molecule has 6 heteroatoms. The van der Waals surface area contributed by atoms with Gasteiger partial charge in [-0.2, -0.15) is 0 Å². The van der Waals surface area contributed by atoms with Gasteiger partial charge in [-0.25, -0.2) is 4.98 Å². The predicted molar refractivity (Wildman–Crippen MR) is 110 cm³/mol. The standard InChI is InChI=1S/C21H24N2O3S/c1-3-13-23-20(24)18-7-4-5-8-19(18)22-21(23)27-15-6-14-26-17-11-9-16(25-2)10-12-17/h4-5,7-12H,3,6,13-15H2,1-2H3. The van der Waals surface area contributed by atoms with Crippen LogP contribution in [-0.4, -0.2) is 29.0 Å². The Morgan fingerprint density at radius 1 is 1.07 bits per heavy atom. The number of fused-ring (bicyclic) bond motifs is 1. The molecule has 0 saturated carbocycles. The van der Waals surface area contributed by atoms with Gasteiger partial charge in [-0.3, -0.25) is 9.36 Å². The summed E-state index contributed by atoms with van der Waals surface area (Å²) < 4.78 is 12.7. The predicted octanol–water partition coefficient (Wildman–Crippen LogP) is 4.38. The van der Waals surface area contributed by atoms with E-state index >= 15 is 0 Å². The number of thioether (sulfide) groups is 1. The van der Waals surface area contributed by atoms with E-state index in [2.05, 4.69) is 6.92 Å². The van der Waals surface area contributed by atoms with Gasteiger partial charge in [0.25, 0.3) is 5.56 Å². The molecule has 0 radical (unpaired) electrons. The van der Waals surface area contributed by atoms with Gasteiger partial charge in [0.05, 0.1) is 24.6 Å². The molecule has 142 valence electrons. The van der Waals surface area contributed by atoms with Crippen LogP contribution in [-0.2, 0) is 6.54 Å². The van der Waals surface area contributed by atoms with E-state index in [9.17, 15) is 4.79 Å². The summed E-state index contributed by atoms with van der Waals surface area (Å²) >= 11 is 1.61. The molecule has 2 aromatic carbocycles. The Hall–Kier alpha value is -2.47. The van der Waals surface area contributed by atoms with Crippen molar-refractivity contribution < 1.29 is 9.47 Å². The number of nitrogens with zero attached hydrogens (tertiary/aromatic N) is 2. The number of hydrogen-bond acceptors (Lipinski definition) is 5. The second-order valence-electron chi connectivity index (χ2n) is 6.09. The van der Waals surface area contributed by atoms with Crippen LogP contribution in [0, 0.1) is 0 Å².